The first-order valence-electron chi connectivity index (χ1n) is 6.85. The van der Waals surface area contributed by atoms with E-state index in [1.165, 1.54) is 18.1 Å². The van der Waals surface area contributed by atoms with E-state index in [2.05, 4.69) is 0 Å². The summed E-state index contributed by atoms with van der Waals surface area (Å²) in [4.78, 5) is 24.9. The third-order valence-electron chi connectivity index (χ3n) is 4.05. The molecule has 0 aromatic rings. The van der Waals surface area contributed by atoms with Crippen LogP contribution >= 0.6 is 0 Å². The van der Waals surface area contributed by atoms with Gasteiger partial charge in [0.25, 0.3) is 0 Å². The van der Waals surface area contributed by atoms with Gasteiger partial charge >= 0.3 is 5.97 Å². The standard InChI is InChI=1S/C13H21NO5S/c1-9(12(16)17)14(10-3-4-10)11(15)7-13(5-6-13)8-20(2,18)19/h9-10H,3-8H2,1-2H3,(H,16,17). The number of rotatable bonds is 7. The van der Waals surface area contributed by atoms with E-state index < -0.39 is 27.3 Å². The Kier molecular flexibility index (Phi) is 3.83. The van der Waals surface area contributed by atoms with Crippen LogP contribution < -0.4 is 0 Å². The average Bonchev–Trinajstić information content (AvgIpc) is 3.14. The number of amides is 1. The largest absolute Gasteiger partial charge is 0.480 e. The number of carbonyl (C=O) groups is 2. The van der Waals surface area contributed by atoms with Crippen LogP contribution in [0.3, 0.4) is 0 Å². The Morgan fingerprint density at radius 3 is 2.25 bits per heavy atom. The lowest BCUT2D eigenvalue weighted by Gasteiger charge is -2.28. The molecule has 1 N–H and O–H groups in total. The van der Waals surface area contributed by atoms with Crippen molar-refractivity contribution in [2.24, 2.45) is 5.41 Å². The molecule has 2 aliphatic carbocycles. The fourth-order valence-corrected chi connectivity index (χ4v) is 4.23. The van der Waals surface area contributed by atoms with E-state index in [1.54, 1.807) is 0 Å². The molecule has 114 valence electrons. The van der Waals surface area contributed by atoms with Crippen molar-refractivity contribution in [1.82, 2.24) is 4.90 Å². The first-order valence-corrected chi connectivity index (χ1v) is 8.91. The van der Waals surface area contributed by atoms with Crippen LogP contribution in [0, 0.1) is 5.41 Å². The number of aliphatic carboxylic acids is 1. The number of nitrogens with zero attached hydrogens (tertiary/aromatic N) is 1. The molecule has 2 fully saturated rings. The Bertz CT molecular complexity index is 519. The lowest BCUT2D eigenvalue weighted by Crippen LogP contribution is -2.45. The van der Waals surface area contributed by atoms with Crippen LogP contribution in [0.25, 0.3) is 0 Å². The maximum atomic E-state index is 12.4. The van der Waals surface area contributed by atoms with Gasteiger partial charge in [-0.3, -0.25) is 4.79 Å². The van der Waals surface area contributed by atoms with Gasteiger partial charge in [-0.15, -0.1) is 0 Å². The first kappa shape index (κ1) is 15.3. The van der Waals surface area contributed by atoms with E-state index in [0.717, 1.165) is 25.7 Å². The lowest BCUT2D eigenvalue weighted by molar-refractivity contribution is -0.150. The molecule has 1 unspecified atom stereocenters. The fourth-order valence-electron chi connectivity index (χ4n) is 2.72. The molecule has 1 atom stereocenters. The highest BCUT2D eigenvalue weighted by molar-refractivity contribution is 7.90. The smallest absolute Gasteiger partial charge is 0.326 e. The maximum absolute atomic E-state index is 12.4. The Morgan fingerprint density at radius 1 is 1.35 bits per heavy atom. The molecular weight excluding hydrogens is 282 g/mol. The summed E-state index contributed by atoms with van der Waals surface area (Å²) < 4.78 is 22.8. The van der Waals surface area contributed by atoms with E-state index in [4.69, 9.17) is 5.11 Å². The fraction of sp³-hybridized carbons (Fsp3) is 0.846. The quantitative estimate of drug-likeness (QED) is 0.746. The molecule has 2 rings (SSSR count). The third kappa shape index (κ3) is 3.71. The Morgan fingerprint density at radius 2 is 1.90 bits per heavy atom. The van der Waals surface area contributed by atoms with Crippen molar-refractivity contribution in [3.8, 4) is 0 Å². The molecule has 0 aliphatic heterocycles. The van der Waals surface area contributed by atoms with Crippen molar-refractivity contribution in [2.45, 2.75) is 51.1 Å². The summed E-state index contributed by atoms with van der Waals surface area (Å²) in [5, 5.41) is 9.09. The van der Waals surface area contributed by atoms with E-state index in [1.807, 2.05) is 0 Å². The van der Waals surface area contributed by atoms with Crippen molar-refractivity contribution in [3.05, 3.63) is 0 Å². The minimum Gasteiger partial charge on any atom is -0.480 e. The highest BCUT2D eigenvalue weighted by Crippen LogP contribution is 2.50. The zero-order valence-electron chi connectivity index (χ0n) is 11.8. The minimum atomic E-state index is -3.12. The maximum Gasteiger partial charge on any atom is 0.326 e. The molecule has 1 amide bonds. The molecule has 0 aromatic heterocycles. The zero-order valence-corrected chi connectivity index (χ0v) is 12.6. The molecule has 0 radical (unpaired) electrons. The first-order chi connectivity index (χ1) is 9.14. The molecule has 0 spiro atoms. The number of carboxylic acid groups (broad SMARTS) is 1. The number of hydrogen-bond acceptors (Lipinski definition) is 4. The minimum absolute atomic E-state index is 0.0163. The number of sulfone groups is 1. The second-order valence-corrected chi connectivity index (χ2v) is 8.43. The number of carboxylic acids is 1. The van der Waals surface area contributed by atoms with Gasteiger partial charge in [0.2, 0.25) is 5.91 Å². The molecule has 0 bridgehead atoms. The van der Waals surface area contributed by atoms with Crippen molar-refractivity contribution < 1.29 is 23.1 Å². The van der Waals surface area contributed by atoms with Crippen molar-refractivity contribution in [3.63, 3.8) is 0 Å². The molecule has 0 heterocycles. The van der Waals surface area contributed by atoms with Crippen molar-refractivity contribution >= 4 is 21.7 Å². The molecule has 0 saturated heterocycles. The molecule has 20 heavy (non-hydrogen) atoms. The monoisotopic (exact) mass is 303 g/mol. The van der Waals surface area contributed by atoms with Gasteiger partial charge in [0.15, 0.2) is 0 Å². The van der Waals surface area contributed by atoms with Gasteiger partial charge in [-0.05, 0) is 38.0 Å². The third-order valence-corrected chi connectivity index (χ3v) is 5.19. The van der Waals surface area contributed by atoms with Gasteiger partial charge in [0.1, 0.15) is 15.9 Å². The molecule has 7 heteroatoms. The van der Waals surface area contributed by atoms with Gasteiger partial charge in [-0.2, -0.15) is 0 Å². The van der Waals surface area contributed by atoms with Gasteiger partial charge < -0.3 is 10.0 Å². The predicted molar refractivity (Wildman–Crippen MR) is 73.0 cm³/mol. The predicted octanol–water partition coefficient (Wildman–Crippen LogP) is 0.665. The van der Waals surface area contributed by atoms with Crippen LogP contribution in [0.15, 0.2) is 0 Å². The normalized spacial score (nSPS) is 22.1. The molecular formula is C13H21NO5S. The summed E-state index contributed by atoms with van der Waals surface area (Å²) in [6, 6.07) is -0.827. The Labute approximate surface area is 119 Å². The van der Waals surface area contributed by atoms with Gasteiger partial charge in [-0.1, -0.05) is 0 Å². The van der Waals surface area contributed by atoms with Crippen LogP contribution in [0.4, 0.5) is 0 Å². The van der Waals surface area contributed by atoms with Gasteiger partial charge in [0, 0.05) is 18.7 Å². The lowest BCUT2D eigenvalue weighted by atomic mass is 10.0. The summed E-state index contributed by atoms with van der Waals surface area (Å²) in [6.45, 7) is 1.51. The summed E-state index contributed by atoms with van der Waals surface area (Å²) in [6.07, 6.45) is 4.45. The van der Waals surface area contributed by atoms with Crippen LogP contribution in [0.5, 0.6) is 0 Å². The zero-order chi connectivity index (χ0) is 15.1. The second-order valence-electron chi connectivity index (χ2n) is 6.29. The highest BCUT2D eigenvalue weighted by atomic mass is 32.2. The van der Waals surface area contributed by atoms with Crippen LogP contribution in [0.1, 0.15) is 39.0 Å². The SMILES string of the molecule is CC(C(=O)O)N(C(=O)CC1(CS(C)(=O)=O)CC1)C1CC1. The van der Waals surface area contributed by atoms with E-state index in [-0.39, 0.29) is 24.1 Å². The summed E-state index contributed by atoms with van der Waals surface area (Å²) in [5.41, 5.74) is -0.448. The summed E-state index contributed by atoms with van der Waals surface area (Å²) >= 11 is 0. The van der Waals surface area contributed by atoms with Crippen LogP contribution in [-0.4, -0.2) is 54.4 Å². The highest BCUT2D eigenvalue weighted by Gasteiger charge is 2.49. The van der Waals surface area contributed by atoms with Crippen molar-refractivity contribution in [2.75, 3.05) is 12.0 Å². The van der Waals surface area contributed by atoms with Crippen molar-refractivity contribution in [1.29, 1.82) is 0 Å². The Hall–Kier alpha value is -1.11. The van der Waals surface area contributed by atoms with E-state index in [0.29, 0.717) is 0 Å². The molecule has 2 saturated carbocycles. The molecule has 0 aromatic carbocycles. The van der Waals surface area contributed by atoms with Crippen LogP contribution in [0.2, 0.25) is 0 Å². The van der Waals surface area contributed by atoms with Crippen LogP contribution in [-0.2, 0) is 19.4 Å². The molecule has 6 nitrogen and oxygen atoms in total. The van der Waals surface area contributed by atoms with E-state index in [9.17, 15) is 18.0 Å². The van der Waals surface area contributed by atoms with E-state index >= 15 is 0 Å². The molecule has 2 aliphatic rings. The summed E-state index contributed by atoms with van der Waals surface area (Å²) in [5.74, 6) is -1.21. The van der Waals surface area contributed by atoms with Gasteiger partial charge in [-0.25, -0.2) is 13.2 Å². The number of hydrogen-bond donors (Lipinski definition) is 1. The van der Waals surface area contributed by atoms with Gasteiger partial charge in [0.05, 0.1) is 5.75 Å². The average molecular weight is 303 g/mol. The topological polar surface area (TPSA) is 91.8 Å². The second kappa shape index (κ2) is 5.02. The number of carbonyl (C=O) groups excluding carboxylic acids is 1. The Balaban J connectivity index is 2.04. The summed E-state index contributed by atoms with van der Waals surface area (Å²) in [7, 11) is -3.12.